The van der Waals surface area contributed by atoms with Crippen molar-refractivity contribution in [2.45, 2.75) is 63.8 Å². The highest BCUT2D eigenvalue weighted by Crippen LogP contribution is 2.43. The molecule has 5 nitrogen and oxygen atoms in total. The van der Waals surface area contributed by atoms with Crippen molar-refractivity contribution in [3.05, 3.63) is 16.8 Å². The molecule has 0 saturated carbocycles. The van der Waals surface area contributed by atoms with Gasteiger partial charge in [-0.15, -0.1) is 11.3 Å². The van der Waals surface area contributed by atoms with Crippen LogP contribution in [0.25, 0.3) is 20.4 Å². The van der Waals surface area contributed by atoms with Crippen LogP contribution in [0.2, 0.25) is 0 Å². The average Bonchev–Trinajstić information content (AvgIpc) is 3.05. The van der Waals surface area contributed by atoms with Crippen molar-refractivity contribution in [3.63, 3.8) is 0 Å². The molecular formula is C21H26N4OS2. The number of hydrogen-bond donors (Lipinski definition) is 0. The van der Waals surface area contributed by atoms with Crippen LogP contribution in [-0.2, 0) is 17.8 Å². The summed E-state index contributed by atoms with van der Waals surface area (Å²) in [5.41, 5.74) is 4.63. The van der Waals surface area contributed by atoms with Gasteiger partial charge in [-0.05, 0) is 51.9 Å². The Labute approximate surface area is 173 Å². The molecule has 3 aromatic rings. The van der Waals surface area contributed by atoms with Gasteiger partial charge in [0.05, 0.1) is 22.4 Å². The molecule has 0 spiro atoms. The van der Waals surface area contributed by atoms with Crippen molar-refractivity contribution >= 4 is 49.3 Å². The fourth-order valence-electron chi connectivity index (χ4n) is 4.41. The first-order valence-electron chi connectivity index (χ1n) is 10.0. The average molecular weight is 415 g/mol. The van der Waals surface area contributed by atoms with Crippen molar-refractivity contribution in [3.8, 4) is 0 Å². The number of aromatic nitrogens is 3. The molecule has 1 saturated heterocycles. The van der Waals surface area contributed by atoms with Gasteiger partial charge < -0.3 is 9.64 Å². The molecule has 0 N–H and O–H groups in total. The van der Waals surface area contributed by atoms with E-state index in [0.29, 0.717) is 6.61 Å². The number of pyridine rings is 1. The second-order valence-corrected chi connectivity index (χ2v) is 10.2. The molecule has 2 aliphatic rings. The summed E-state index contributed by atoms with van der Waals surface area (Å²) in [4.78, 5) is 18.4. The smallest absolute Gasteiger partial charge is 0.189 e. The molecule has 2 aliphatic heterocycles. The van der Waals surface area contributed by atoms with Gasteiger partial charge in [0, 0.05) is 36.2 Å². The summed E-state index contributed by atoms with van der Waals surface area (Å²) in [6.45, 7) is 9.25. The van der Waals surface area contributed by atoms with E-state index >= 15 is 0 Å². The summed E-state index contributed by atoms with van der Waals surface area (Å²) in [6, 6.07) is 0. The van der Waals surface area contributed by atoms with Crippen molar-refractivity contribution in [1.29, 1.82) is 0 Å². The Bertz CT molecular complexity index is 1070. The Hall–Kier alpha value is -1.44. The number of piperidine rings is 1. The third kappa shape index (κ3) is 2.99. The van der Waals surface area contributed by atoms with E-state index in [-0.39, 0.29) is 5.60 Å². The van der Waals surface area contributed by atoms with Crippen LogP contribution in [0.5, 0.6) is 0 Å². The van der Waals surface area contributed by atoms with Gasteiger partial charge in [-0.2, -0.15) is 0 Å². The molecule has 7 heteroatoms. The van der Waals surface area contributed by atoms with Gasteiger partial charge in [0.15, 0.2) is 11.0 Å². The number of aryl methyl sites for hydroxylation is 1. The maximum Gasteiger partial charge on any atom is 0.189 e. The second kappa shape index (κ2) is 6.82. The Morgan fingerprint density at radius 2 is 1.86 bits per heavy atom. The quantitative estimate of drug-likeness (QED) is 0.429. The Balaban J connectivity index is 1.82. The molecule has 0 unspecified atom stereocenters. The molecule has 0 bridgehead atoms. The minimum Gasteiger partial charge on any atom is -0.370 e. The molecule has 0 radical (unpaired) electrons. The first kappa shape index (κ1) is 18.6. The van der Waals surface area contributed by atoms with Gasteiger partial charge in [-0.3, -0.25) is 0 Å². The minimum absolute atomic E-state index is 0.160. The summed E-state index contributed by atoms with van der Waals surface area (Å²) in [5.74, 6) is 1.11. The van der Waals surface area contributed by atoms with E-state index in [1.807, 2.05) is 0 Å². The van der Waals surface area contributed by atoms with Crippen LogP contribution >= 0.6 is 23.1 Å². The second-order valence-electron chi connectivity index (χ2n) is 8.42. The molecule has 148 valence electrons. The lowest BCUT2D eigenvalue weighted by atomic mass is 9.89. The third-order valence-corrected chi connectivity index (χ3v) is 7.51. The van der Waals surface area contributed by atoms with Crippen LogP contribution in [0, 0.1) is 6.92 Å². The van der Waals surface area contributed by atoms with Crippen molar-refractivity contribution in [2.75, 3.05) is 24.2 Å². The van der Waals surface area contributed by atoms with E-state index in [4.69, 9.17) is 19.7 Å². The first-order chi connectivity index (χ1) is 13.5. The van der Waals surface area contributed by atoms with E-state index in [2.05, 4.69) is 31.9 Å². The number of hydrogen-bond acceptors (Lipinski definition) is 7. The van der Waals surface area contributed by atoms with Gasteiger partial charge in [-0.25, -0.2) is 15.0 Å². The van der Waals surface area contributed by atoms with E-state index in [0.717, 1.165) is 46.5 Å². The SMILES string of the molecule is CSc1nc(N2CCCCC2)c2sc3nc(C)c4c(c3c2n1)CC(C)(C)OC4. The van der Waals surface area contributed by atoms with Crippen LogP contribution < -0.4 is 4.90 Å². The lowest BCUT2D eigenvalue weighted by Gasteiger charge is -2.32. The molecule has 0 amide bonds. The van der Waals surface area contributed by atoms with E-state index < -0.39 is 0 Å². The molecule has 5 heterocycles. The van der Waals surface area contributed by atoms with Gasteiger partial charge in [-0.1, -0.05) is 11.8 Å². The number of ether oxygens (including phenoxy) is 1. The lowest BCUT2D eigenvalue weighted by molar-refractivity contribution is -0.0400. The summed E-state index contributed by atoms with van der Waals surface area (Å²) < 4.78 is 7.29. The molecule has 28 heavy (non-hydrogen) atoms. The normalized spacial score (nSPS) is 19.4. The van der Waals surface area contributed by atoms with E-state index in [1.165, 1.54) is 40.5 Å². The maximum absolute atomic E-state index is 6.09. The van der Waals surface area contributed by atoms with Gasteiger partial charge >= 0.3 is 0 Å². The maximum atomic E-state index is 6.09. The molecule has 0 aliphatic carbocycles. The highest BCUT2D eigenvalue weighted by Gasteiger charge is 2.31. The van der Waals surface area contributed by atoms with Crippen molar-refractivity contribution in [2.24, 2.45) is 0 Å². The topological polar surface area (TPSA) is 51.1 Å². The van der Waals surface area contributed by atoms with Gasteiger partial charge in [0.1, 0.15) is 4.83 Å². The highest BCUT2D eigenvalue weighted by molar-refractivity contribution is 7.98. The number of anilines is 1. The zero-order valence-corrected chi connectivity index (χ0v) is 18.6. The van der Waals surface area contributed by atoms with Crippen LogP contribution in [0.4, 0.5) is 5.82 Å². The molecule has 0 atom stereocenters. The standard InChI is InChI=1S/C21H26N4OS2/c1-12-14-11-26-21(2,3)10-13(14)15-16-17(28-19(15)22-12)18(24-20(23-16)27-4)25-8-6-5-7-9-25/h5-11H2,1-4H3. The molecule has 0 aromatic carbocycles. The molecular weight excluding hydrogens is 388 g/mol. The number of rotatable bonds is 2. The fourth-order valence-corrected chi connectivity index (χ4v) is 5.98. The predicted octanol–water partition coefficient (Wildman–Crippen LogP) is 5.11. The van der Waals surface area contributed by atoms with E-state index in [9.17, 15) is 0 Å². The summed E-state index contributed by atoms with van der Waals surface area (Å²) in [7, 11) is 0. The van der Waals surface area contributed by atoms with Crippen LogP contribution in [0.15, 0.2) is 5.16 Å². The molecule has 1 fully saturated rings. The Kier molecular flexibility index (Phi) is 4.52. The summed E-state index contributed by atoms with van der Waals surface area (Å²) >= 11 is 3.39. The zero-order valence-electron chi connectivity index (χ0n) is 17.0. The number of thiophene rings is 1. The Morgan fingerprint density at radius 1 is 1.07 bits per heavy atom. The summed E-state index contributed by atoms with van der Waals surface area (Å²) in [5, 5.41) is 2.08. The fraction of sp³-hybridized carbons (Fsp3) is 0.571. The number of thioether (sulfide) groups is 1. The van der Waals surface area contributed by atoms with Gasteiger partial charge in [0.25, 0.3) is 0 Å². The first-order valence-corrected chi connectivity index (χ1v) is 12.1. The Morgan fingerprint density at radius 3 is 2.61 bits per heavy atom. The van der Waals surface area contributed by atoms with Crippen LogP contribution in [0.1, 0.15) is 49.9 Å². The van der Waals surface area contributed by atoms with Crippen molar-refractivity contribution < 1.29 is 4.74 Å². The highest BCUT2D eigenvalue weighted by atomic mass is 32.2. The lowest BCUT2D eigenvalue weighted by Crippen LogP contribution is -2.32. The molecule has 5 rings (SSSR count). The summed E-state index contributed by atoms with van der Waals surface area (Å²) in [6.07, 6.45) is 6.75. The van der Waals surface area contributed by atoms with Crippen LogP contribution in [0.3, 0.4) is 0 Å². The van der Waals surface area contributed by atoms with Crippen LogP contribution in [-0.4, -0.2) is 39.9 Å². The predicted molar refractivity (Wildman–Crippen MR) is 118 cm³/mol. The number of nitrogens with zero attached hydrogens (tertiary/aromatic N) is 4. The van der Waals surface area contributed by atoms with Gasteiger partial charge in [0.2, 0.25) is 0 Å². The largest absolute Gasteiger partial charge is 0.370 e. The zero-order chi connectivity index (χ0) is 19.5. The van der Waals surface area contributed by atoms with Crippen molar-refractivity contribution in [1.82, 2.24) is 15.0 Å². The monoisotopic (exact) mass is 414 g/mol. The van der Waals surface area contributed by atoms with E-state index in [1.54, 1.807) is 23.1 Å². The molecule has 3 aromatic heterocycles. The minimum atomic E-state index is -0.160. The number of fused-ring (bicyclic) bond motifs is 5. The third-order valence-electron chi connectivity index (χ3n) is 5.90.